The van der Waals surface area contributed by atoms with Gasteiger partial charge in [-0.15, -0.1) is 0 Å². The first kappa shape index (κ1) is 20.2. The monoisotopic (exact) mass is 405 g/mol. The molecule has 0 bridgehead atoms. The zero-order chi connectivity index (χ0) is 20.3. The summed E-state index contributed by atoms with van der Waals surface area (Å²) >= 11 is 0. The summed E-state index contributed by atoms with van der Waals surface area (Å²) in [5, 5.41) is 0. The van der Waals surface area contributed by atoms with Crippen molar-refractivity contribution in [1.29, 1.82) is 0 Å². The molecule has 2 aromatic rings. The predicted molar refractivity (Wildman–Crippen MR) is 123 cm³/mol. The van der Waals surface area contributed by atoms with Gasteiger partial charge in [0.2, 0.25) is 0 Å². The van der Waals surface area contributed by atoms with Gasteiger partial charge in [0, 0.05) is 37.6 Å². The number of hydrazine groups is 2. The second-order valence-corrected chi connectivity index (χ2v) is 9.42. The highest BCUT2D eigenvalue weighted by molar-refractivity contribution is 5.63. The highest BCUT2D eigenvalue weighted by Crippen LogP contribution is 2.31. The largest absolute Gasteiger partial charge is 0.304 e. The van der Waals surface area contributed by atoms with Gasteiger partial charge in [0.1, 0.15) is 0 Å². The van der Waals surface area contributed by atoms with Crippen LogP contribution < -0.4 is 21.7 Å². The molecule has 3 aliphatic rings. The standard InChI is InChI=1S/C25H35N5/c1-30(17-24-22-9-5-6-10-23(22)27-28-24)16-21-15-26-29-25(21)20-13-11-19(12-14-20)18-7-3-2-4-8-18/h2-4,7-8,11-14,21-29H,5-6,9-10,15-17H2,1H3. The van der Waals surface area contributed by atoms with E-state index in [0.717, 1.165) is 25.6 Å². The van der Waals surface area contributed by atoms with Gasteiger partial charge in [0.15, 0.2) is 0 Å². The molecule has 30 heavy (non-hydrogen) atoms. The summed E-state index contributed by atoms with van der Waals surface area (Å²) in [5.74, 6) is 1.36. The summed E-state index contributed by atoms with van der Waals surface area (Å²) in [6.45, 7) is 3.23. The van der Waals surface area contributed by atoms with Crippen LogP contribution in [0.1, 0.15) is 37.3 Å². The van der Waals surface area contributed by atoms with Crippen molar-refractivity contribution in [2.45, 2.75) is 43.8 Å². The third kappa shape index (κ3) is 4.32. The van der Waals surface area contributed by atoms with Crippen LogP contribution in [-0.2, 0) is 0 Å². The second-order valence-electron chi connectivity index (χ2n) is 9.42. The number of benzene rings is 2. The molecule has 1 saturated carbocycles. The summed E-state index contributed by atoms with van der Waals surface area (Å²) in [5.41, 5.74) is 18.0. The van der Waals surface area contributed by atoms with Crippen molar-refractivity contribution >= 4 is 0 Å². The molecule has 3 fully saturated rings. The summed E-state index contributed by atoms with van der Waals surface area (Å²) < 4.78 is 0. The number of likely N-dealkylation sites (N-methyl/N-ethyl adjacent to an activating group) is 1. The van der Waals surface area contributed by atoms with Crippen molar-refractivity contribution in [2.75, 3.05) is 26.7 Å². The Balaban J connectivity index is 1.20. The molecule has 2 aromatic carbocycles. The predicted octanol–water partition coefficient (Wildman–Crippen LogP) is 3.09. The van der Waals surface area contributed by atoms with E-state index in [1.165, 1.54) is 42.4 Å². The molecule has 160 valence electrons. The SMILES string of the molecule is CN(CC1CNNC1c1ccc(-c2ccccc2)cc1)CC1NNC2CCCCC21. The number of rotatable bonds is 6. The molecule has 5 atom stereocenters. The number of fused-ring (bicyclic) bond motifs is 1. The first-order valence-corrected chi connectivity index (χ1v) is 11.6. The lowest BCUT2D eigenvalue weighted by Crippen LogP contribution is -2.43. The minimum Gasteiger partial charge on any atom is -0.304 e. The third-order valence-corrected chi connectivity index (χ3v) is 7.32. The molecule has 5 heteroatoms. The summed E-state index contributed by atoms with van der Waals surface area (Å²) in [6, 6.07) is 21.3. The molecule has 4 N–H and O–H groups in total. The van der Waals surface area contributed by atoms with Crippen molar-refractivity contribution in [3.8, 4) is 11.1 Å². The zero-order valence-electron chi connectivity index (χ0n) is 18.0. The van der Waals surface area contributed by atoms with E-state index in [1.54, 1.807) is 0 Å². The minimum atomic E-state index is 0.356. The summed E-state index contributed by atoms with van der Waals surface area (Å²) in [4.78, 5) is 2.53. The molecule has 1 aliphatic carbocycles. The minimum absolute atomic E-state index is 0.356. The summed E-state index contributed by atoms with van der Waals surface area (Å²) in [7, 11) is 2.28. The third-order valence-electron chi connectivity index (χ3n) is 7.32. The molecule has 0 spiro atoms. The van der Waals surface area contributed by atoms with Gasteiger partial charge in [-0.05, 0) is 42.5 Å². The lowest BCUT2D eigenvalue weighted by atomic mass is 9.81. The maximum Gasteiger partial charge on any atom is 0.0515 e. The molecule has 0 aromatic heterocycles. The molecule has 2 heterocycles. The molecule has 5 unspecified atom stereocenters. The van der Waals surface area contributed by atoms with Gasteiger partial charge in [-0.25, -0.2) is 5.43 Å². The van der Waals surface area contributed by atoms with E-state index in [9.17, 15) is 0 Å². The molecule has 5 nitrogen and oxygen atoms in total. The van der Waals surface area contributed by atoms with Crippen LogP contribution >= 0.6 is 0 Å². The van der Waals surface area contributed by atoms with E-state index in [1.807, 2.05) is 0 Å². The fourth-order valence-electron chi connectivity index (χ4n) is 5.71. The molecule has 0 radical (unpaired) electrons. The van der Waals surface area contributed by atoms with Crippen LogP contribution in [0, 0.1) is 11.8 Å². The van der Waals surface area contributed by atoms with Gasteiger partial charge in [0.05, 0.1) is 6.04 Å². The van der Waals surface area contributed by atoms with Gasteiger partial charge in [-0.1, -0.05) is 67.4 Å². The zero-order valence-corrected chi connectivity index (χ0v) is 18.0. The Morgan fingerprint density at radius 1 is 0.833 bits per heavy atom. The van der Waals surface area contributed by atoms with Gasteiger partial charge >= 0.3 is 0 Å². The Bertz CT molecular complexity index is 808. The van der Waals surface area contributed by atoms with E-state index in [2.05, 4.69) is 88.2 Å². The van der Waals surface area contributed by atoms with E-state index in [-0.39, 0.29) is 0 Å². The van der Waals surface area contributed by atoms with Crippen LogP contribution in [0.2, 0.25) is 0 Å². The lowest BCUT2D eigenvalue weighted by molar-refractivity contribution is 0.215. The summed E-state index contributed by atoms with van der Waals surface area (Å²) in [6.07, 6.45) is 5.46. The molecule has 2 aliphatic heterocycles. The average Bonchev–Trinajstić information content (AvgIpc) is 3.42. The maximum absolute atomic E-state index is 3.60. The van der Waals surface area contributed by atoms with Crippen molar-refractivity contribution < 1.29 is 0 Å². The van der Waals surface area contributed by atoms with E-state index < -0.39 is 0 Å². The van der Waals surface area contributed by atoms with E-state index in [4.69, 9.17) is 0 Å². The van der Waals surface area contributed by atoms with Crippen molar-refractivity contribution in [2.24, 2.45) is 11.8 Å². The Kier molecular flexibility index (Phi) is 6.16. The normalized spacial score (nSPS) is 31.2. The number of hydrogen-bond acceptors (Lipinski definition) is 5. The van der Waals surface area contributed by atoms with Gasteiger partial charge in [-0.3, -0.25) is 16.3 Å². The molecular weight excluding hydrogens is 370 g/mol. The van der Waals surface area contributed by atoms with E-state index >= 15 is 0 Å². The Morgan fingerprint density at radius 2 is 1.60 bits per heavy atom. The van der Waals surface area contributed by atoms with E-state index in [0.29, 0.717) is 24.0 Å². The van der Waals surface area contributed by atoms with Crippen molar-refractivity contribution in [3.05, 3.63) is 60.2 Å². The molecule has 2 saturated heterocycles. The van der Waals surface area contributed by atoms with Gasteiger partial charge in [-0.2, -0.15) is 0 Å². The number of nitrogens with one attached hydrogen (secondary N) is 4. The van der Waals surface area contributed by atoms with Crippen LogP contribution in [0.5, 0.6) is 0 Å². The quantitative estimate of drug-likeness (QED) is 0.595. The molecule has 0 amide bonds. The van der Waals surface area contributed by atoms with Gasteiger partial charge < -0.3 is 4.90 Å². The van der Waals surface area contributed by atoms with Crippen LogP contribution in [0.15, 0.2) is 54.6 Å². The Labute approximate surface area is 180 Å². The highest BCUT2D eigenvalue weighted by Gasteiger charge is 2.38. The average molecular weight is 406 g/mol. The van der Waals surface area contributed by atoms with Crippen molar-refractivity contribution in [3.63, 3.8) is 0 Å². The Morgan fingerprint density at radius 3 is 2.43 bits per heavy atom. The molecule has 5 rings (SSSR count). The first-order chi connectivity index (χ1) is 14.8. The topological polar surface area (TPSA) is 51.4 Å². The number of nitrogens with zero attached hydrogens (tertiary/aromatic N) is 1. The van der Waals surface area contributed by atoms with Crippen LogP contribution in [0.4, 0.5) is 0 Å². The fraction of sp³-hybridized carbons (Fsp3) is 0.520. The highest BCUT2D eigenvalue weighted by atomic mass is 15.4. The van der Waals surface area contributed by atoms with Gasteiger partial charge in [0.25, 0.3) is 0 Å². The van der Waals surface area contributed by atoms with Crippen LogP contribution in [-0.4, -0.2) is 43.7 Å². The lowest BCUT2D eigenvalue weighted by Gasteiger charge is -2.31. The second kappa shape index (κ2) is 9.16. The van der Waals surface area contributed by atoms with Crippen LogP contribution in [0.25, 0.3) is 11.1 Å². The Hall–Kier alpha value is -1.76. The van der Waals surface area contributed by atoms with Crippen molar-refractivity contribution in [1.82, 2.24) is 26.6 Å². The smallest absolute Gasteiger partial charge is 0.0515 e. The maximum atomic E-state index is 3.60. The molecular formula is C25H35N5. The van der Waals surface area contributed by atoms with Crippen LogP contribution in [0.3, 0.4) is 0 Å². The fourth-order valence-corrected chi connectivity index (χ4v) is 5.71. The first-order valence-electron chi connectivity index (χ1n) is 11.6. The number of hydrogen-bond donors (Lipinski definition) is 4.